The zero-order valence-electron chi connectivity index (χ0n) is 18.3. The van der Waals surface area contributed by atoms with Crippen molar-refractivity contribution < 1.29 is 19.1 Å². The summed E-state index contributed by atoms with van der Waals surface area (Å²) < 4.78 is 11.3. The lowest BCUT2D eigenvalue weighted by molar-refractivity contribution is 0.0599. The number of aliphatic hydroxyl groups excluding tert-OH is 1. The molecule has 1 aromatic heterocycles. The van der Waals surface area contributed by atoms with Gasteiger partial charge in [0.15, 0.2) is 5.78 Å². The molecule has 6 nitrogen and oxygen atoms in total. The van der Waals surface area contributed by atoms with E-state index in [4.69, 9.17) is 9.15 Å². The van der Waals surface area contributed by atoms with Gasteiger partial charge in [-0.05, 0) is 48.9 Å². The monoisotopic (exact) mass is 422 g/mol. The van der Waals surface area contributed by atoms with E-state index < -0.39 is 6.10 Å². The molecule has 0 aliphatic carbocycles. The van der Waals surface area contributed by atoms with E-state index >= 15 is 0 Å². The molecule has 3 rings (SSSR count). The van der Waals surface area contributed by atoms with Crippen molar-refractivity contribution in [2.45, 2.75) is 26.1 Å². The number of para-hydroxylation sites is 1. The van der Waals surface area contributed by atoms with Crippen molar-refractivity contribution in [1.82, 2.24) is 4.90 Å². The highest BCUT2D eigenvalue weighted by Crippen LogP contribution is 2.19. The lowest BCUT2D eigenvalue weighted by Crippen LogP contribution is -2.35. The molecule has 1 unspecified atom stereocenters. The normalized spacial score (nSPS) is 12.0. The Morgan fingerprint density at radius 2 is 1.77 bits per heavy atom. The molecule has 0 saturated heterocycles. The first-order valence-electron chi connectivity index (χ1n) is 10.3. The van der Waals surface area contributed by atoms with E-state index in [1.165, 1.54) is 6.92 Å². The second kappa shape index (κ2) is 10.8. The smallest absolute Gasteiger partial charge is 0.163 e. The van der Waals surface area contributed by atoms with Crippen LogP contribution >= 0.6 is 0 Å². The van der Waals surface area contributed by atoms with E-state index in [2.05, 4.69) is 34.1 Å². The van der Waals surface area contributed by atoms with Crippen LogP contribution in [0.4, 0.5) is 5.69 Å². The van der Waals surface area contributed by atoms with Gasteiger partial charge >= 0.3 is 0 Å². The molecule has 164 valence electrons. The molecule has 0 aliphatic rings. The minimum atomic E-state index is -0.726. The van der Waals surface area contributed by atoms with Crippen molar-refractivity contribution in [2.75, 3.05) is 32.1 Å². The lowest BCUT2D eigenvalue weighted by Gasteiger charge is -2.25. The van der Waals surface area contributed by atoms with Crippen LogP contribution in [-0.2, 0) is 13.1 Å². The number of carbonyl (C=O) groups is 1. The molecule has 0 fully saturated rings. The van der Waals surface area contributed by atoms with Crippen LogP contribution in [0, 0.1) is 0 Å². The zero-order chi connectivity index (χ0) is 22.2. The summed E-state index contributed by atoms with van der Waals surface area (Å²) in [6.45, 7) is 3.24. The van der Waals surface area contributed by atoms with Gasteiger partial charge in [0.25, 0.3) is 0 Å². The summed E-state index contributed by atoms with van der Waals surface area (Å²) in [4.78, 5) is 16.0. The third kappa shape index (κ3) is 6.70. The Bertz CT molecular complexity index is 952. The lowest BCUT2D eigenvalue weighted by atomic mass is 10.1. The molecule has 0 spiro atoms. The SMILES string of the molecule is CC(=O)c1ccccc1OCC(O)CN(Cc1ccc(N(C)C)cc1)Cc1ccco1. The van der Waals surface area contributed by atoms with E-state index in [0.717, 1.165) is 17.0 Å². The first kappa shape index (κ1) is 22.6. The topological polar surface area (TPSA) is 66.2 Å². The molecule has 0 aliphatic heterocycles. The van der Waals surface area contributed by atoms with Crippen molar-refractivity contribution in [2.24, 2.45) is 0 Å². The Balaban J connectivity index is 1.64. The number of Topliss-reactive ketones (excluding diaryl/α,β-unsaturated/α-hetero) is 1. The van der Waals surface area contributed by atoms with E-state index in [0.29, 0.717) is 30.9 Å². The molecule has 0 bridgehead atoms. The second-order valence-corrected chi connectivity index (χ2v) is 7.83. The van der Waals surface area contributed by atoms with Gasteiger partial charge in [-0.25, -0.2) is 0 Å². The summed E-state index contributed by atoms with van der Waals surface area (Å²) in [5.74, 6) is 1.26. The Hall–Kier alpha value is -3.09. The number of aliphatic hydroxyl groups is 1. The Kier molecular flexibility index (Phi) is 7.87. The number of ether oxygens (including phenoxy) is 1. The molecule has 1 heterocycles. The van der Waals surface area contributed by atoms with Gasteiger partial charge in [0, 0.05) is 32.9 Å². The number of furan rings is 1. The summed E-state index contributed by atoms with van der Waals surface area (Å²) in [5, 5.41) is 10.6. The third-order valence-corrected chi connectivity index (χ3v) is 4.98. The van der Waals surface area contributed by atoms with Gasteiger partial charge in [-0.3, -0.25) is 9.69 Å². The van der Waals surface area contributed by atoms with Crippen LogP contribution in [0.5, 0.6) is 5.75 Å². The fourth-order valence-corrected chi connectivity index (χ4v) is 3.39. The average molecular weight is 423 g/mol. The summed E-state index contributed by atoms with van der Waals surface area (Å²) >= 11 is 0. The van der Waals surface area contributed by atoms with Gasteiger partial charge < -0.3 is 19.2 Å². The Morgan fingerprint density at radius 3 is 2.42 bits per heavy atom. The Morgan fingerprint density at radius 1 is 1.03 bits per heavy atom. The van der Waals surface area contributed by atoms with Crippen LogP contribution in [0.25, 0.3) is 0 Å². The fraction of sp³-hybridized carbons (Fsp3) is 0.320. The van der Waals surface area contributed by atoms with Crippen LogP contribution in [-0.4, -0.2) is 49.1 Å². The number of ketones is 1. The maximum absolute atomic E-state index is 11.8. The minimum Gasteiger partial charge on any atom is -0.490 e. The standard InChI is InChI=1S/C25H30N2O4/c1-19(28)24-8-4-5-9-25(24)31-18-22(29)16-27(17-23-7-6-14-30-23)15-20-10-12-21(13-11-20)26(2)3/h4-14,22,29H,15-18H2,1-3H3. The van der Waals surface area contributed by atoms with Crippen molar-refractivity contribution in [3.63, 3.8) is 0 Å². The number of anilines is 1. The molecular formula is C25H30N2O4. The van der Waals surface area contributed by atoms with Gasteiger partial charge in [0.1, 0.15) is 24.2 Å². The molecule has 0 saturated carbocycles. The molecular weight excluding hydrogens is 392 g/mol. The highest BCUT2D eigenvalue weighted by Gasteiger charge is 2.16. The number of rotatable bonds is 11. The van der Waals surface area contributed by atoms with Crippen LogP contribution in [0.3, 0.4) is 0 Å². The van der Waals surface area contributed by atoms with Gasteiger partial charge in [-0.2, -0.15) is 0 Å². The van der Waals surface area contributed by atoms with Gasteiger partial charge in [-0.15, -0.1) is 0 Å². The van der Waals surface area contributed by atoms with Crippen molar-refractivity contribution in [3.8, 4) is 5.75 Å². The molecule has 1 N–H and O–H groups in total. The van der Waals surface area contributed by atoms with Crippen molar-refractivity contribution in [3.05, 3.63) is 83.8 Å². The fourth-order valence-electron chi connectivity index (χ4n) is 3.39. The number of hydrogen-bond donors (Lipinski definition) is 1. The number of benzene rings is 2. The predicted octanol–water partition coefficient (Wildman–Crippen LogP) is 3.99. The Labute approximate surface area is 183 Å². The first-order chi connectivity index (χ1) is 14.9. The highest BCUT2D eigenvalue weighted by molar-refractivity contribution is 5.96. The summed E-state index contributed by atoms with van der Waals surface area (Å²) in [5.41, 5.74) is 2.80. The van der Waals surface area contributed by atoms with Crippen LogP contribution in [0.1, 0.15) is 28.6 Å². The van der Waals surface area contributed by atoms with Crippen LogP contribution in [0.15, 0.2) is 71.3 Å². The zero-order valence-corrected chi connectivity index (χ0v) is 18.3. The summed E-state index contributed by atoms with van der Waals surface area (Å²) in [6.07, 6.45) is 0.925. The number of carbonyl (C=O) groups excluding carboxylic acids is 1. The molecule has 3 aromatic rings. The average Bonchev–Trinajstić information content (AvgIpc) is 3.25. The van der Waals surface area contributed by atoms with E-state index in [9.17, 15) is 9.90 Å². The van der Waals surface area contributed by atoms with Gasteiger partial charge in [-0.1, -0.05) is 24.3 Å². The highest BCUT2D eigenvalue weighted by atomic mass is 16.5. The maximum Gasteiger partial charge on any atom is 0.163 e. The molecule has 0 radical (unpaired) electrons. The van der Waals surface area contributed by atoms with Gasteiger partial charge in [0.05, 0.1) is 18.4 Å². The van der Waals surface area contributed by atoms with Crippen molar-refractivity contribution in [1.29, 1.82) is 0 Å². The second-order valence-electron chi connectivity index (χ2n) is 7.83. The van der Waals surface area contributed by atoms with Crippen LogP contribution in [0.2, 0.25) is 0 Å². The van der Waals surface area contributed by atoms with E-state index in [1.807, 2.05) is 32.3 Å². The summed E-state index contributed by atoms with van der Waals surface area (Å²) in [7, 11) is 4.03. The molecule has 2 aromatic carbocycles. The van der Waals surface area contributed by atoms with Crippen molar-refractivity contribution >= 4 is 11.5 Å². The predicted molar refractivity (Wildman–Crippen MR) is 122 cm³/mol. The molecule has 1 atom stereocenters. The minimum absolute atomic E-state index is 0.0642. The third-order valence-electron chi connectivity index (χ3n) is 4.98. The largest absolute Gasteiger partial charge is 0.490 e. The number of hydrogen-bond acceptors (Lipinski definition) is 6. The quantitative estimate of drug-likeness (QED) is 0.472. The first-order valence-corrected chi connectivity index (χ1v) is 10.3. The molecule has 31 heavy (non-hydrogen) atoms. The maximum atomic E-state index is 11.8. The van der Waals surface area contributed by atoms with E-state index in [-0.39, 0.29) is 12.4 Å². The van der Waals surface area contributed by atoms with E-state index in [1.54, 1.807) is 24.5 Å². The molecule has 0 amide bonds. The number of nitrogens with zero attached hydrogens (tertiary/aromatic N) is 2. The summed E-state index contributed by atoms with van der Waals surface area (Å²) in [6, 6.07) is 19.2. The molecule has 6 heteroatoms. The van der Waals surface area contributed by atoms with Gasteiger partial charge in [0.2, 0.25) is 0 Å². The van der Waals surface area contributed by atoms with Crippen LogP contribution < -0.4 is 9.64 Å².